The summed E-state index contributed by atoms with van der Waals surface area (Å²) in [4.78, 5) is 7.42. The second-order valence-electron chi connectivity index (χ2n) is 7.90. The van der Waals surface area contributed by atoms with E-state index in [4.69, 9.17) is 0 Å². The Kier molecular flexibility index (Phi) is 5.22. The number of aromatic nitrogens is 2. The first-order valence-electron chi connectivity index (χ1n) is 9.38. The van der Waals surface area contributed by atoms with Crippen LogP contribution in [0, 0.1) is 18.8 Å². The molecular weight excluding hydrogens is 270 g/mol. The zero-order valence-electron chi connectivity index (χ0n) is 14.7. The van der Waals surface area contributed by atoms with Gasteiger partial charge in [-0.2, -0.15) is 0 Å². The molecule has 0 radical (unpaired) electrons. The molecule has 1 aromatic rings. The fourth-order valence-electron chi connectivity index (χ4n) is 4.59. The highest BCUT2D eigenvalue weighted by atomic mass is 15.2. The fraction of sp³-hybridized carbons (Fsp3) is 0.842. The summed E-state index contributed by atoms with van der Waals surface area (Å²) in [6, 6.07) is 0.525. The minimum Gasteiger partial charge on any atom is -0.330 e. The molecule has 22 heavy (non-hydrogen) atoms. The molecule has 0 bridgehead atoms. The third kappa shape index (κ3) is 3.73. The molecule has 3 rings (SSSR count). The molecule has 1 aliphatic heterocycles. The lowest BCUT2D eigenvalue weighted by molar-refractivity contribution is 0.227. The SMILES string of the molecule is Cc1cnc(CC2CCN(CC3CCCCC3)C2)n1C(C)C. The normalized spacial score (nSPS) is 24.5. The van der Waals surface area contributed by atoms with E-state index < -0.39 is 0 Å². The third-order valence-corrected chi connectivity index (χ3v) is 5.66. The number of hydrogen-bond acceptors (Lipinski definition) is 2. The molecule has 0 N–H and O–H groups in total. The minimum absolute atomic E-state index is 0.525. The van der Waals surface area contributed by atoms with Crippen LogP contribution >= 0.6 is 0 Å². The molecule has 1 atom stereocenters. The summed E-state index contributed by atoms with van der Waals surface area (Å²) in [6.45, 7) is 10.7. The van der Waals surface area contributed by atoms with Crippen LogP contribution < -0.4 is 0 Å². The lowest BCUT2D eigenvalue weighted by Gasteiger charge is -2.26. The number of rotatable bonds is 5. The van der Waals surface area contributed by atoms with Crippen molar-refractivity contribution in [2.45, 2.75) is 71.8 Å². The van der Waals surface area contributed by atoms with Crippen molar-refractivity contribution < 1.29 is 0 Å². The largest absolute Gasteiger partial charge is 0.330 e. The summed E-state index contributed by atoms with van der Waals surface area (Å²) in [5.41, 5.74) is 1.31. The van der Waals surface area contributed by atoms with Crippen LogP contribution in [0.2, 0.25) is 0 Å². The van der Waals surface area contributed by atoms with Crippen molar-refractivity contribution in [1.29, 1.82) is 0 Å². The molecule has 0 spiro atoms. The van der Waals surface area contributed by atoms with Crippen LogP contribution in [0.1, 0.15) is 69.9 Å². The van der Waals surface area contributed by atoms with Crippen LogP contribution in [0.5, 0.6) is 0 Å². The Balaban J connectivity index is 1.52. The van der Waals surface area contributed by atoms with Gasteiger partial charge < -0.3 is 9.47 Å². The van der Waals surface area contributed by atoms with Crippen LogP contribution in [-0.4, -0.2) is 34.1 Å². The summed E-state index contributed by atoms with van der Waals surface area (Å²) in [5, 5.41) is 0. The van der Waals surface area contributed by atoms with Crippen LogP contribution in [0.15, 0.2) is 6.20 Å². The zero-order valence-corrected chi connectivity index (χ0v) is 14.7. The Labute approximate surface area is 136 Å². The van der Waals surface area contributed by atoms with Crippen LogP contribution in [-0.2, 0) is 6.42 Å². The van der Waals surface area contributed by atoms with E-state index in [2.05, 4.69) is 35.2 Å². The molecule has 3 nitrogen and oxygen atoms in total. The first-order chi connectivity index (χ1) is 10.6. The molecule has 1 saturated heterocycles. The van der Waals surface area contributed by atoms with Gasteiger partial charge in [0.2, 0.25) is 0 Å². The quantitative estimate of drug-likeness (QED) is 0.812. The van der Waals surface area contributed by atoms with Crippen LogP contribution in [0.4, 0.5) is 0 Å². The van der Waals surface area contributed by atoms with Crippen molar-refractivity contribution in [3.63, 3.8) is 0 Å². The summed E-state index contributed by atoms with van der Waals surface area (Å²) in [6.07, 6.45) is 11.9. The van der Waals surface area contributed by atoms with Crippen molar-refractivity contribution >= 4 is 0 Å². The highest BCUT2D eigenvalue weighted by Crippen LogP contribution is 2.28. The van der Waals surface area contributed by atoms with E-state index in [1.165, 1.54) is 69.7 Å². The molecule has 0 aromatic carbocycles. The fourth-order valence-corrected chi connectivity index (χ4v) is 4.59. The molecule has 2 aliphatic rings. The average molecular weight is 303 g/mol. The van der Waals surface area contributed by atoms with Gasteiger partial charge in [0.15, 0.2) is 0 Å². The first kappa shape index (κ1) is 16.0. The molecule has 1 aromatic heterocycles. The van der Waals surface area contributed by atoms with Crippen LogP contribution in [0.25, 0.3) is 0 Å². The van der Waals surface area contributed by atoms with Gasteiger partial charge in [0.05, 0.1) is 0 Å². The van der Waals surface area contributed by atoms with Crippen molar-refractivity contribution in [1.82, 2.24) is 14.5 Å². The molecular formula is C19H33N3. The molecule has 0 amide bonds. The van der Waals surface area contributed by atoms with Crippen molar-refractivity contribution in [3.05, 3.63) is 17.7 Å². The smallest absolute Gasteiger partial charge is 0.109 e. The van der Waals surface area contributed by atoms with E-state index in [1.807, 2.05) is 6.20 Å². The summed E-state index contributed by atoms with van der Waals surface area (Å²) >= 11 is 0. The monoisotopic (exact) mass is 303 g/mol. The van der Waals surface area contributed by atoms with Crippen molar-refractivity contribution in [3.8, 4) is 0 Å². The topological polar surface area (TPSA) is 21.1 Å². The maximum atomic E-state index is 4.69. The molecule has 124 valence electrons. The standard InChI is InChI=1S/C19H33N3/c1-15(2)22-16(3)12-20-19(22)11-18-9-10-21(14-18)13-17-7-5-4-6-8-17/h12,15,17-18H,4-11,13-14H2,1-3H3. The van der Waals surface area contributed by atoms with Gasteiger partial charge in [-0.25, -0.2) is 4.98 Å². The first-order valence-corrected chi connectivity index (χ1v) is 9.38. The predicted octanol–water partition coefficient (Wildman–Crippen LogP) is 4.22. The van der Waals surface area contributed by atoms with Crippen molar-refractivity contribution in [2.75, 3.05) is 19.6 Å². The molecule has 1 aliphatic carbocycles. The summed E-state index contributed by atoms with van der Waals surface area (Å²) in [5.74, 6) is 3.09. The molecule has 2 fully saturated rings. The Bertz CT molecular complexity index is 471. The Morgan fingerprint density at radius 3 is 2.64 bits per heavy atom. The molecule has 1 saturated carbocycles. The molecule has 2 heterocycles. The van der Waals surface area contributed by atoms with E-state index in [1.54, 1.807) is 0 Å². The van der Waals surface area contributed by atoms with E-state index in [0.717, 1.165) is 18.3 Å². The Morgan fingerprint density at radius 1 is 1.14 bits per heavy atom. The number of likely N-dealkylation sites (tertiary alicyclic amines) is 1. The van der Waals surface area contributed by atoms with Crippen LogP contribution in [0.3, 0.4) is 0 Å². The van der Waals surface area contributed by atoms with E-state index in [-0.39, 0.29) is 0 Å². The highest BCUT2D eigenvalue weighted by Gasteiger charge is 2.27. The zero-order chi connectivity index (χ0) is 15.5. The second-order valence-corrected chi connectivity index (χ2v) is 7.90. The lowest BCUT2D eigenvalue weighted by Crippen LogP contribution is -2.29. The maximum Gasteiger partial charge on any atom is 0.109 e. The summed E-state index contributed by atoms with van der Waals surface area (Å²) < 4.78 is 2.42. The molecule has 1 unspecified atom stereocenters. The van der Waals surface area contributed by atoms with Gasteiger partial charge in [0.25, 0.3) is 0 Å². The number of hydrogen-bond donors (Lipinski definition) is 0. The van der Waals surface area contributed by atoms with Gasteiger partial charge in [-0.1, -0.05) is 19.3 Å². The van der Waals surface area contributed by atoms with Gasteiger partial charge in [0, 0.05) is 37.4 Å². The maximum absolute atomic E-state index is 4.69. The van der Waals surface area contributed by atoms with Crippen molar-refractivity contribution in [2.24, 2.45) is 11.8 Å². The van der Waals surface area contributed by atoms with Gasteiger partial charge in [-0.05, 0) is 58.4 Å². The van der Waals surface area contributed by atoms with E-state index in [9.17, 15) is 0 Å². The number of imidazole rings is 1. The van der Waals surface area contributed by atoms with Gasteiger partial charge in [0.1, 0.15) is 5.82 Å². The van der Waals surface area contributed by atoms with Gasteiger partial charge in [-0.15, -0.1) is 0 Å². The third-order valence-electron chi connectivity index (χ3n) is 5.66. The lowest BCUT2D eigenvalue weighted by atomic mass is 9.89. The summed E-state index contributed by atoms with van der Waals surface area (Å²) in [7, 11) is 0. The number of nitrogens with zero attached hydrogens (tertiary/aromatic N) is 3. The van der Waals surface area contributed by atoms with Gasteiger partial charge >= 0.3 is 0 Å². The highest BCUT2D eigenvalue weighted by molar-refractivity contribution is 5.06. The molecule has 3 heteroatoms. The minimum atomic E-state index is 0.525. The van der Waals surface area contributed by atoms with Gasteiger partial charge in [-0.3, -0.25) is 0 Å². The number of aryl methyl sites for hydroxylation is 1. The van der Waals surface area contributed by atoms with E-state index in [0.29, 0.717) is 6.04 Å². The predicted molar refractivity (Wildman–Crippen MR) is 92.2 cm³/mol. The second kappa shape index (κ2) is 7.16. The Morgan fingerprint density at radius 2 is 1.91 bits per heavy atom. The average Bonchev–Trinajstić information content (AvgIpc) is 3.07. The Hall–Kier alpha value is -0.830. The van der Waals surface area contributed by atoms with E-state index >= 15 is 0 Å².